The fourth-order valence-electron chi connectivity index (χ4n) is 2.38. The van der Waals surface area contributed by atoms with Gasteiger partial charge in [0.2, 0.25) is 0 Å². The van der Waals surface area contributed by atoms with Crippen molar-refractivity contribution in [2.75, 3.05) is 5.01 Å². The molecule has 1 unspecified atom stereocenters. The minimum Gasteiger partial charge on any atom is -0.479 e. The van der Waals surface area contributed by atoms with Crippen molar-refractivity contribution < 1.29 is 24.2 Å². The van der Waals surface area contributed by atoms with Gasteiger partial charge in [0.05, 0.1) is 5.69 Å². The number of hydrogen-bond acceptors (Lipinski definition) is 4. The fraction of sp³-hybridized carbons (Fsp3) is 0.105. The summed E-state index contributed by atoms with van der Waals surface area (Å²) in [6.45, 7) is 1.43. The van der Waals surface area contributed by atoms with E-state index in [1.165, 1.54) is 18.0 Å². The summed E-state index contributed by atoms with van der Waals surface area (Å²) in [6, 6.07) is 15.2. The molecule has 0 radical (unpaired) electrons. The van der Waals surface area contributed by atoms with Crippen LogP contribution in [0.15, 0.2) is 60.2 Å². The zero-order valence-corrected chi connectivity index (χ0v) is 13.9. The van der Waals surface area contributed by atoms with Crippen LogP contribution in [-0.2, 0) is 14.4 Å². The molecular weight excluding hydrogens is 336 g/mol. The summed E-state index contributed by atoms with van der Waals surface area (Å²) in [5, 5.41) is 10.0. The molecule has 2 aromatic rings. The molecule has 2 N–H and O–H groups in total. The van der Waals surface area contributed by atoms with Gasteiger partial charge in [-0.1, -0.05) is 30.3 Å². The quantitative estimate of drug-likeness (QED) is 0.634. The van der Waals surface area contributed by atoms with Crippen molar-refractivity contribution in [3.63, 3.8) is 0 Å². The summed E-state index contributed by atoms with van der Waals surface area (Å²) >= 11 is 0. The molecule has 1 heterocycles. The highest BCUT2D eigenvalue weighted by Gasteiger charge is 2.34. The van der Waals surface area contributed by atoms with Gasteiger partial charge in [0, 0.05) is 0 Å². The molecular formula is C19H16N2O5. The summed E-state index contributed by atoms with van der Waals surface area (Å²) in [4.78, 5) is 35.4. The smallest absolute Gasteiger partial charge is 0.344 e. The van der Waals surface area contributed by atoms with E-state index in [9.17, 15) is 14.4 Å². The zero-order chi connectivity index (χ0) is 18.7. The number of rotatable bonds is 5. The van der Waals surface area contributed by atoms with E-state index in [0.29, 0.717) is 17.0 Å². The van der Waals surface area contributed by atoms with Gasteiger partial charge in [0.1, 0.15) is 11.3 Å². The first kappa shape index (κ1) is 17.2. The van der Waals surface area contributed by atoms with Crippen LogP contribution in [0.25, 0.3) is 6.08 Å². The highest BCUT2D eigenvalue weighted by molar-refractivity contribution is 6.31. The average molecular weight is 352 g/mol. The Labute approximate surface area is 149 Å². The Hall–Kier alpha value is -3.61. The van der Waals surface area contributed by atoms with Gasteiger partial charge in [0.15, 0.2) is 6.10 Å². The molecule has 1 aliphatic heterocycles. The number of carbonyl (C=O) groups is 3. The number of aliphatic carboxylic acids is 1. The molecule has 0 aromatic heterocycles. The van der Waals surface area contributed by atoms with Crippen LogP contribution in [0.2, 0.25) is 0 Å². The molecule has 1 aliphatic rings. The van der Waals surface area contributed by atoms with E-state index < -0.39 is 23.9 Å². The van der Waals surface area contributed by atoms with Gasteiger partial charge in [-0.15, -0.1) is 0 Å². The summed E-state index contributed by atoms with van der Waals surface area (Å²) in [5.74, 6) is -1.61. The second-order valence-electron chi connectivity index (χ2n) is 5.64. The lowest BCUT2D eigenvalue weighted by Gasteiger charge is -2.13. The Balaban J connectivity index is 1.78. The summed E-state index contributed by atoms with van der Waals surface area (Å²) < 4.78 is 5.24. The number of nitrogens with one attached hydrogen (secondary N) is 1. The maximum absolute atomic E-state index is 12.5. The number of hydrazine groups is 1. The molecule has 0 aliphatic carbocycles. The van der Waals surface area contributed by atoms with Crippen LogP contribution in [0.1, 0.15) is 12.5 Å². The molecule has 1 fully saturated rings. The van der Waals surface area contributed by atoms with Crippen LogP contribution in [-0.4, -0.2) is 29.0 Å². The fourth-order valence-corrected chi connectivity index (χ4v) is 2.38. The van der Waals surface area contributed by atoms with Gasteiger partial charge in [0.25, 0.3) is 11.8 Å². The summed E-state index contributed by atoms with van der Waals surface area (Å²) in [5.41, 5.74) is 3.73. The van der Waals surface area contributed by atoms with Gasteiger partial charge < -0.3 is 9.84 Å². The van der Waals surface area contributed by atoms with Gasteiger partial charge in [-0.3, -0.25) is 15.0 Å². The number of nitrogens with zero attached hydrogens (tertiary/aromatic N) is 1. The summed E-state index contributed by atoms with van der Waals surface area (Å²) in [6.07, 6.45) is 0.506. The van der Waals surface area contributed by atoms with Crippen molar-refractivity contribution in [3.05, 3.63) is 65.7 Å². The Morgan fingerprint density at radius 2 is 1.77 bits per heavy atom. The maximum Gasteiger partial charge on any atom is 0.344 e. The first-order valence-electron chi connectivity index (χ1n) is 7.87. The molecule has 7 heteroatoms. The Bertz CT molecular complexity index is 875. The first-order chi connectivity index (χ1) is 12.5. The van der Waals surface area contributed by atoms with Crippen LogP contribution < -0.4 is 15.2 Å². The predicted octanol–water partition coefficient (Wildman–Crippen LogP) is 2.00. The van der Waals surface area contributed by atoms with E-state index in [-0.39, 0.29) is 5.57 Å². The molecule has 1 saturated heterocycles. The minimum atomic E-state index is -1.06. The molecule has 26 heavy (non-hydrogen) atoms. The molecule has 2 amide bonds. The van der Waals surface area contributed by atoms with E-state index in [1.54, 1.807) is 48.5 Å². The van der Waals surface area contributed by atoms with E-state index >= 15 is 0 Å². The van der Waals surface area contributed by atoms with Crippen molar-refractivity contribution in [2.45, 2.75) is 13.0 Å². The van der Waals surface area contributed by atoms with E-state index in [1.807, 2.05) is 6.07 Å². The van der Waals surface area contributed by atoms with Crippen molar-refractivity contribution in [2.24, 2.45) is 0 Å². The number of ether oxygens (including phenoxy) is 1. The highest BCUT2D eigenvalue weighted by atomic mass is 16.5. The number of benzene rings is 2. The number of para-hydroxylation sites is 1. The van der Waals surface area contributed by atoms with E-state index in [2.05, 4.69) is 5.43 Å². The largest absolute Gasteiger partial charge is 0.479 e. The molecule has 1 atom stereocenters. The van der Waals surface area contributed by atoms with Crippen molar-refractivity contribution in [1.29, 1.82) is 0 Å². The Morgan fingerprint density at radius 3 is 2.38 bits per heavy atom. The lowest BCUT2D eigenvalue weighted by atomic mass is 10.1. The molecule has 132 valence electrons. The molecule has 0 saturated carbocycles. The van der Waals surface area contributed by atoms with Gasteiger partial charge in [-0.25, -0.2) is 9.80 Å². The second-order valence-corrected chi connectivity index (χ2v) is 5.64. The van der Waals surface area contributed by atoms with Crippen LogP contribution in [0, 0.1) is 0 Å². The number of carboxylic acid groups (broad SMARTS) is 1. The summed E-state index contributed by atoms with van der Waals surface area (Å²) in [7, 11) is 0. The predicted molar refractivity (Wildman–Crippen MR) is 94.2 cm³/mol. The Kier molecular flexibility index (Phi) is 4.70. The van der Waals surface area contributed by atoms with E-state index in [0.717, 1.165) is 0 Å². The molecule has 0 bridgehead atoms. The third kappa shape index (κ3) is 3.56. The zero-order valence-electron chi connectivity index (χ0n) is 13.9. The topological polar surface area (TPSA) is 95.9 Å². The molecule has 3 rings (SSSR count). The van der Waals surface area contributed by atoms with Crippen LogP contribution in [0.3, 0.4) is 0 Å². The van der Waals surface area contributed by atoms with Crippen molar-refractivity contribution in [1.82, 2.24) is 5.43 Å². The van der Waals surface area contributed by atoms with Crippen molar-refractivity contribution >= 4 is 29.5 Å². The van der Waals surface area contributed by atoms with Crippen LogP contribution in [0.5, 0.6) is 5.75 Å². The number of hydrogen-bond donors (Lipinski definition) is 2. The second kappa shape index (κ2) is 7.10. The van der Waals surface area contributed by atoms with Crippen LogP contribution in [0.4, 0.5) is 5.69 Å². The average Bonchev–Trinajstić information content (AvgIpc) is 2.92. The monoisotopic (exact) mass is 352 g/mol. The highest BCUT2D eigenvalue weighted by Crippen LogP contribution is 2.22. The number of anilines is 1. The minimum absolute atomic E-state index is 0.0152. The standard InChI is InChI=1S/C19H16N2O5/c1-12(19(24)25)26-15-9-7-13(8-10-15)11-16-17(22)20-21(18(16)23)14-5-3-2-4-6-14/h2-12H,1H3,(H,20,22)(H,24,25). The van der Waals surface area contributed by atoms with Crippen LogP contribution >= 0.6 is 0 Å². The third-order valence-electron chi connectivity index (χ3n) is 3.76. The maximum atomic E-state index is 12.5. The van der Waals surface area contributed by atoms with Gasteiger partial charge >= 0.3 is 5.97 Å². The van der Waals surface area contributed by atoms with Gasteiger partial charge in [-0.2, -0.15) is 0 Å². The molecule has 2 aromatic carbocycles. The van der Waals surface area contributed by atoms with E-state index in [4.69, 9.17) is 9.84 Å². The number of carboxylic acids is 1. The molecule has 7 nitrogen and oxygen atoms in total. The number of amides is 2. The lowest BCUT2D eigenvalue weighted by molar-refractivity contribution is -0.144. The number of carbonyl (C=O) groups excluding carboxylic acids is 2. The SMILES string of the molecule is CC(Oc1ccc(C=C2C(=O)NN(c3ccccc3)C2=O)cc1)C(=O)O. The molecule has 0 spiro atoms. The lowest BCUT2D eigenvalue weighted by Crippen LogP contribution is -2.35. The van der Waals surface area contributed by atoms with Gasteiger partial charge in [-0.05, 0) is 42.8 Å². The van der Waals surface area contributed by atoms with Crippen molar-refractivity contribution in [3.8, 4) is 5.75 Å². The normalized spacial score (nSPS) is 16.5. The first-order valence-corrected chi connectivity index (χ1v) is 7.87. The third-order valence-corrected chi connectivity index (χ3v) is 3.76. The Morgan fingerprint density at radius 1 is 1.12 bits per heavy atom.